The molecule has 0 spiro atoms. The van der Waals surface area contributed by atoms with Crippen molar-refractivity contribution in [3.8, 4) is 11.6 Å². The third-order valence-electron chi connectivity index (χ3n) is 1.79. The summed E-state index contributed by atoms with van der Waals surface area (Å²) in [6.45, 7) is -0.0106. The summed E-state index contributed by atoms with van der Waals surface area (Å²) in [4.78, 5) is 8.09. The Balaban J connectivity index is 2.29. The number of pyridine rings is 1. The Morgan fingerprint density at radius 1 is 1.33 bits per heavy atom. The summed E-state index contributed by atoms with van der Waals surface area (Å²) in [5.74, 6) is 1.16. The molecule has 0 aromatic carbocycles. The topological polar surface area (TPSA) is 98.1 Å². The van der Waals surface area contributed by atoms with Crippen LogP contribution in [0, 0.1) is 0 Å². The molecule has 0 aliphatic rings. The smallest absolute Gasteiger partial charge is 0.276 e. The lowest BCUT2D eigenvalue weighted by Crippen LogP contribution is -1.93. The van der Waals surface area contributed by atoms with E-state index in [1.807, 2.05) is 0 Å². The van der Waals surface area contributed by atoms with E-state index in [1.165, 1.54) is 0 Å². The molecule has 6 heteroatoms. The van der Waals surface area contributed by atoms with Gasteiger partial charge in [0.2, 0.25) is 0 Å². The Morgan fingerprint density at radius 2 is 2.20 bits per heavy atom. The first-order chi connectivity index (χ1) is 7.29. The maximum atomic E-state index is 8.69. The summed E-state index contributed by atoms with van der Waals surface area (Å²) in [6, 6.07) is 5.16. The van der Waals surface area contributed by atoms with Gasteiger partial charge in [0, 0.05) is 6.42 Å². The van der Waals surface area contributed by atoms with Crippen molar-refractivity contribution in [3.63, 3.8) is 0 Å². The van der Waals surface area contributed by atoms with Crippen LogP contribution in [-0.4, -0.2) is 26.8 Å². The number of nitrogens with two attached hydrogens (primary N) is 1. The Hall–Kier alpha value is -1.95. The van der Waals surface area contributed by atoms with Gasteiger partial charge in [-0.15, -0.1) is 0 Å². The van der Waals surface area contributed by atoms with Crippen LogP contribution in [0.1, 0.15) is 5.82 Å². The Labute approximate surface area is 85.8 Å². The van der Waals surface area contributed by atoms with Crippen molar-refractivity contribution < 1.29 is 9.63 Å². The summed E-state index contributed by atoms with van der Waals surface area (Å²) in [5.41, 5.74) is 6.05. The molecule has 0 amide bonds. The molecule has 2 aromatic heterocycles. The van der Waals surface area contributed by atoms with E-state index < -0.39 is 0 Å². The number of hydrogen-bond acceptors (Lipinski definition) is 6. The highest BCUT2D eigenvalue weighted by atomic mass is 16.5. The molecule has 6 nitrogen and oxygen atoms in total. The van der Waals surface area contributed by atoms with Crippen LogP contribution in [0.25, 0.3) is 11.6 Å². The van der Waals surface area contributed by atoms with Gasteiger partial charge in [0.1, 0.15) is 11.5 Å². The molecule has 15 heavy (non-hydrogen) atoms. The van der Waals surface area contributed by atoms with Crippen molar-refractivity contribution in [3.05, 3.63) is 24.0 Å². The molecule has 0 bridgehead atoms. The molecular formula is C9H10N4O2. The number of aliphatic hydroxyl groups is 1. The predicted molar refractivity (Wildman–Crippen MR) is 52.7 cm³/mol. The van der Waals surface area contributed by atoms with E-state index in [2.05, 4.69) is 15.1 Å². The minimum Gasteiger partial charge on any atom is -0.396 e. The van der Waals surface area contributed by atoms with Crippen LogP contribution in [0.3, 0.4) is 0 Å². The molecule has 0 saturated heterocycles. The van der Waals surface area contributed by atoms with E-state index in [0.29, 0.717) is 29.6 Å². The second-order valence-electron chi connectivity index (χ2n) is 2.94. The van der Waals surface area contributed by atoms with Gasteiger partial charge in [-0.25, -0.2) is 4.98 Å². The van der Waals surface area contributed by atoms with Crippen molar-refractivity contribution in [1.29, 1.82) is 0 Å². The maximum absolute atomic E-state index is 8.69. The number of nitrogens with zero attached hydrogens (tertiary/aromatic N) is 3. The van der Waals surface area contributed by atoms with Crippen molar-refractivity contribution in [2.75, 3.05) is 12.3 Å². The highest BCUT2D eigenvalue weighted by Gasteiger charge is 2.09. The molecule has 0 atom stereocenters. The molecule has 3 N–H and O–H groups in total. The van der Waals surface area contributed by atoms with Crippen molar-refractivity contribution in [2.24, 2.45) is 0 Å². The second-order valence-corrected chi connectivity index (χ2v) is 2.94. The summed E-state index contributed by atoms with van der Waals surface area (Å²) in [6.07, 6.45) is 0.367. The number of anilines is 1. The SMILES string of the molecule is Nc1cccc(-c2nc(CCO)no2)n1. The average Bonchev–Trinajstić information content (AvgIpc) is 2.67. The van der Waals surface area contributed by atoms with Gasteiger partial charge in [0.05, 0.1) is 6.61 Å². The first-order valence-electron chi connectivity index (χ1n) is 4.46. The van der Waals surface area contributed by atoms with Crippen LogP contribution < -0.4 is 5.73 Å². The number of aromatic nitrogens is 3. The molecule has 78 valence electrons. The highest BCUT2D eigenvalue weighted by molar-refractivity contribution is 5.49. The number of aliphatic hydroxyl groups excluding tert-OH is 1. The van der Waals surface area contributed by atoms with Gasteiger partial charge in [-0.05, 0) is 12.1 Å². The summed E-state index contributed by atoms with van der Waals surface area (Å²) < 4.78 is 4.97. The summed E-state index contributed by atoms with van der Waals surface area (Å²) in [5, 5.41) is 12.4. The molecular weight excluding hydrogens is 196 g/mol. The molecule has 2 heterocycles. The molecule has 0 aliphatic carbocycles. The summed E-state index contributed by atoms with van der Waals surface area (Å²) >= 11 is 0. The number of rotatable bonds is 3. The minimum atomic E-state index is -0.0106. The van der Waals surface area contributed by atoms with Gasteiger partial charge in [0.25, 0.3) is 5.89 Å². The van der Waals surface area contributed by atoms with Gasteiger partial charge < -0.3 is 15.4 Å². The molecule has 0 unspecified atom stereocenters. The third kappa shape index (κ3) is 2.10. The van der Waals surface area contributed by atoms with Gasteiger partial charge in [-0.3, -0.25) is 0 Å². The zero-order valence-corrected chi connectivity index (χ0v) is 7.92. The first-order valence-corrected chi connectivity index (χ1v) is 4.46. The van der Waals surface area contributed by atoms with E-state index in [9.17, 15) is 0 Å². The average molecular weight is 206 g/mol. The van der Waals surface area contributed by atoms with Crippen LogP contribution in [0.5, 0.6) is 0 Å². The lowest BCUT2D eigenvalue weighted by atomic mass is 10.3. The fourth-order valence-electron chi connectivity index (χ4n) is 1.13. The minimum absolute atomic E-state index is 0.0106. The number of nitrogen functional groups attached to an aromatic ring is 1. The van der Waals surface area contributed by atoms with E-state index in [4.69, 9.17) is 15.4 Å². The zero-order valence-electron chi connectivity index (χ0n) is 7.92. The monoisotopic (exact) mass is 206 g/mol. The van der Waals surface area contributed by atoms with Crippen molar-refractivity contribution >= 4 is 5.82 Å². The highest BCUT2D eigenvalue weighted by Crippen LogP contribution is 2.15. The van der Waals surface area contributed by atoms with E-state index in [0.717, 1.165) is 0 Å². The van der Waals surface area contributed by atoms with Gasteiger partial charge in [-0.2, -0.15) is 4.98 Å². The van der Waals surface area contributed by atoms with Crippen molar-refractivity contribution in [2.45, 2.75) is 6.42 Å². The van der Waals surface area contributed by atoms with E-state index in [1.54, 1.807) is 18.2 Å². The molecule has 0 radical (unpaired) electrons. The van der Waals surface area contributed by atoms with Crippen LogP contribution >= 0.6 is 0 Å². The van der Waals surface area contributed by atoms with Crippen LogP contribution in [-0.2, 0) is 6.42 Å². The zero-order chi connectivity index (χ0) is 10.7. The molecule has 0 fully saturated rings. The Bertz CT molecular complexity index is 455. The fourth-order valence-corrected chi connectivity index (χ4v) is 1.13. The van der Waals surface area contributed by atoms with E-state index >= 15 is 0 Å². The lowest BCUT2D eigenvalue weighted by Gasteiger charge is -1.93. The molecule has 0 aliphatic heterocycles. The lowest BCUT2D eigenvalue weighted by molar-refractivity contribution is 0.293. The Morgan fingerprint density at radius 3 is 2.93 bits per heavy atom. The predicted octanol–water partition coefficient (Wildman–Crippen LogP) is 0.249. The molecule has 0 saturated carbocycles. The summed E-state index contributed by atoms with van der Waals surface area (Å²) in [7, 11) is 0. The van der Waals surface area contributed by atoms with Crippen LogP contribution in [0.4, 0.5) is 5.82 Å². The van der Waals surface area contributed by atoms with Gasteiger partial charge in [-0.1, -0.05) is 11.2 Å². The largest absolute Gasteiger partial charge is 0.396 e. The van der Waals surface area contributed by atoms with Crippen molar-refractivity contribution in [1.82, 2.24) is 15.1 Å². The molecule has 2 rings (SSSR count). The first kappa shape index (κ1) is 9.60. The normalized spacial score (nSPS) is 10.5. The van der Waals surface area contributed by atoms with Crippen LogP contribution in [0.2, 0.25) is 0 Å². The Kier molecular flexibility index (Phi) is 2.59. The third-order valence-corrected chi connectivity index (χ3v) is 1.79. The van der Waals surface area contributed by atoms with Crippen LogP contribution in [0.15, 0.2) is 22.7 Å². The van der Waals surface area contributed by atoms with E-state index in [-0.39, 0.29) is 6.61 Å². The fraction of sp³-hybridized carbons (Fsp3) is 0.222. The van der Waals surface area contributed by atoms with Gasteiger partial charge in [0.15, 0.2) is 5.82 Å². The second kappa shape index (κ2) is 4.05. The standard InChI is InChI=1S/C9H10N4O2/c10-7-3-1-2-6(11-7)9-12-8(4-5-14)13-15-9/h1-3,14H,4-5H2,(H2,10,11). The maximum Gasteiger partial charge on any atom is 0.276 e. The number of hydrogen-bond donors (Lipinski definition) is 2. The van der Waals surface area contributed by atoms with Gasteiger partial charge >= 0.3 is 0 Å². The quantitative estimate of drug-likeness (QED) is 0.746. The molecule has 2 aromatic rings.